The molecule has 2 rings (SSSR count). The van der Waals surface area contributed by atoms with Crippen LogP contribution in [0.5, 0.6) is 0 Å². The van der Waals surface area contributed by atoms with Gasteiger partial charge in [0.25, 0.3) is 11.6 Å². The summed E-state index contributed by atoms with van der Waals surface area (Å²) in [6.07, 6.45) is -1.19. The average molecular weight is 509 g/mol. The van der Waals surface area contributed by atoms with E-state index in [9.17, 15) is 19.2 Å². The maximum absolute atomic E-state index is 12.9. The van der Waals surface area contributed by atoms with Gasteiger partial charge >= 0.3 is 11.9 Å². The third-order valence-corrected chi connectivity index (χ3v) is 7.44. The molecular weight excluding hydrogens is 468 g/mol. The Morgan fingerprint density at radius 1 is 0.568 bits per heavy atom. The van der Waals surface area contributed by atoms with E-state index in [-0.39, 0.29) is 18.3 Å². The standard InChI is InChI=1S/C31H40O6/c1-16(2)26(36-30(34)28(32)24-13-11-18(5)20(7)22(24)9)15-27(17(3)4)37-31(35)29(33)25-14-12-19(6)21(8)23(25)10/h11-14,16-17,26-27H,15H2,1-10H3. The van der Waals surface area contributed by atoms with E-state index in [0.717, 1.165) is 33.4 Å². The SMILES string of the molecule is Cc1ccc(C(=O)C(=O)OC(CC(OC(=O)C(=O)c2ccc(C)c(C)c2C)C(C)C)C(C)C)c(C)c1C. The normalized spacial score (nSPS) is 12.9. The van der Waals surface area contributed by atoms with Gasteiger partial charge in [0.15, 0.2) is 0 Å². The van der Waals surface area contributed by atoms with Crippen molar-refractivity contribution in [3.05, 3.63) is 68.8 Å². The first-order chi connectivity index (χ1) is 17.2. The minimum atomic E-state index is -0.944. The smallest absolute Gasteiger partial charge is 0.379 e. The minimum Gasteiger partial charge on any atom is -0.456 e. The predicted molar refractivity (Wildman–Crippen MR) is 144 cm³/mol. The summed E-state index contributed by atoms with van der Waals surface area (Å²) in [5, 5.41) is 0. The van der Waals surface area contributed by atoms with Gasteiger partial charge in [-0.2, -0.15) is 0 Å². The molecule has 0 aromatic heterocycles. The zero-order valence-electron chi connectivity index (χ0n) is 23.8. The van der Waals surface area contributed by atoms with Crippen LogP contribution in [0.3, 0.4) is 0 Å². The zero-order chi connectivity index (χ0) is 28.2. The number of benzene rings is 2. The molecule has 0 saturated heterocycles. The van der Waals surface area contributed by atoms with Gasteiger partial charge in [-0.05, 0) is 86.8 Å². The van der Waals surface area contributed by atoms with Gasteiger partial charge in [-0.1, -0.05) is 52.0 Å². The van der Waals surface area contributed by atoms with Crippen molar-refractivity contribution in [1.82, 2.24) is 0 Å². The summed E-state index contributed by atoms with van der Waals surface area (Å²) >= 11 is 0. The Morgan fingerprint density at radius 2 is 0.892 bits per heavy atom. The molecule has 0 bridgehead atoms. The molecule has 2 unspecified atom stereocenters. The molecule has 0 aliphatic carbocycles. The molecule has 200 valence electrons. The van der Waals surface area contributed by atoms with Gasteiger partial charge in [-0.3, -0.25) is 9.59 Å². The van der Waals surface area contributed by atoms with E-state index in [2.05, 4.69) is 0 Å². The Bertz CT molecular complexity index is 1110. The Labute approximate surface area is 220 Å². The Balaban J connectivity index is 2.19. The van der Waals surface area contributed by atoms with E-state index in [4.69, 9.17) is 9.47 Å². The molecule has 0 heterocycles. The molecule has 2 aromatic rings. The van der Waals surface area contributed by atoms with Crippen molar-refractivity contribution in [2.75, 3.05) is 0 Å². The van der Waals surface area contributed by atoms with Crippen LogP contribution in [0.4, 0.5) is 0 Å². The summed E-state index contributed by atoms with van der Waals surface area (Å²) in [6.45, 7) is 18.8. The van der Waals surface area contributed by atoms with Crippen LogP contribution in [0.15, 0.2) is 24.3 Å². The fourth-order valence-corrected chi connectivity index (χ4v) is 4.15. The molecular formula is C31H40O6. The van der Waals surface area contributed by atoms with Crippen LogP contribution in [0.25, 0.3) is 0 Å². The molecule has 6 heteroatoms. The number of hydrogen-bond donors (Lipinski definition) is 0. The lowest BCUT2D eigenvalue weighted by Crippen LogP contribution is -2.36. The highest BCUT2D eigenvalue weighted by Gasteiger charge is 2.32. The summed E-state index contributed by atoms with van der Waals surface area (Å²) in [5.41, 5.74) is 6.11. The monoisotopic (exact) mass is 508 g/mol. The van der Waals surface area contributed by atoms with Crippen LogP contribution in [-0.4, -0.2) is 35.7 Å². The zero-order valence-corrected chi connectivity index (χ0v) is 23.8. The third-order valence-electron chi connectivity index (χ3n) is 7.44. The van der Waals surface area contributed by atoms with Crippen LogP contribution in [0.2, 0.25) is 0 Å². The van der Waals surface area contributed by atoms with Crippen LogP contribution in [-0.2, 0) is 19.1 Å². The van der Waals surface area contributed by atoms with Gasteiger partial charge in [0, 0.05) is 17.5 Å². The van der Waals surface area contributed by atoms with Crippen molar-refractivity contribution in [2.24, 2.45) is 11.8 Å². The molecule has 0 radical (unpaired) electrons. The Morgan fingerprint density at radius 3 is 1.19 bits per heavy atom. The fraction of sp³-hybridized carbons (Fsp3) is 0.484. The molecule has 0 aliphatic rings. The van der Waals surface area contributed by atoms with Crippen LogP contribution >= 0.6 is 0 Å². The molecule has 2 aromatic carbocycles. The number of aryl methyl sites for hydroxylation is 2. The van der Waals surface area contributed by atoms with Crippen LogP contribution < -0.4 is 0 Å². The molecule has 0 saturated carbocycles. The maximum atomic E-state index is 12.9. The first-order valence-electron chi connectivity index (χ1n) is 12.8. The van der Waals surface area contributed by atoms with Crippen LogP contribution in [0.1, 0.15) is 88.2 Å². The van der Waals surface area contributed by atoms with Crippen molar-refractivity contribution in [3.63, 3.8) is 0 Å². The lowest BCUT2D eigenvalue weighted by Gasteiger charge is -2.28. The molecule has 0 fully saturated rings. The number of ketones is 2. The first-order valence-corrected chi connectivity index (χ1v) is 12.8. The summed E-state index contributed by atoms with van der Waals surface area (Å²) in [7, 11) is 0. The number of esters is 2. The molecule has 0 amide bonds. The van der Waals surface area contributed by atoms with Crippen LogP contribution in [0, 0.1) is 53.4 Å². The van der Waals surface area contributed by atoms with Gasteiger partial charge in [0.05, 0.1) is 0 Å². The number of ether oxygens (including phenoxy) is 2. The number of Topliss-reactive ketones (excluding diaryl/α,β-unsaturated/α-hetero) is 2. The quantitative estimate of drug-likeness (QED) is 0.218. The van der Waals surface area contributed by atoms with Gasteiger partial charge in [0.2, 0.25) is 0 Å². The first kappa shape index (κ1) is 29.9. The summed E-state index contributed by atoms with van der Waals surface area (Å²) in [4.78, 5) is 51.5. The average Bonchev–Trinajstić information content (AvgIpc) is 2.83. The van der Waals surface area contributed by atoms with Gasteiger partial charge in [-0.15, -0.1) is 0 Å². The predicted octanol–water partition coefficient (Wildman–Crippen LogP) is 6.13. The van der Waals surface area contributed by atoms with E-state index in [1.54, 1.807) is 12.1 Å². The lowest BCUT2D eigenvalue weighted by atomic mass is 9.94. The highest BCUT2D eigenvalue weighted by Crippen LogP contribution is 2.24. The second kappa shape index (κ2) is 12.3. The minimum absolute atomic E-state index is 0.143. The molecule has 2 atom stereocenters. The second-order valence-corrected chi connectivity index (χ2v) is 10.6. The number of hydrogen-bond acceptors (Lipinski definition) is 6. The molecule has 0 spiro atoms. The highest BCUT2D eigenvalue weighted by atomic mass is 16.6. The van der Waals surface area contributed by atoms with Crippen molar-refractivity contribution in [2.45, 2.75) is 87.9 Å². The lowest BCUT2D eigenvalue weighted by molar-refractivity contribution is -0.153. The van der Waals surface area contributed by atoms with E-state index in [0.29, 0.717) is 11.1 Å². The van der Waals surface area contributed by atoms with Gasteiger partial charge in [0.1, 0.15) is 12.2 Å². The number of carbonyl (C=O) groups excluding carboxylic acids is 4. The van der Waals surface area contributed by atoms with E-state index < -0.39 is 35.7 Å². The summed E-state index contributed by atoms with van der Waals surface area (Å²) < 4.78 is 11.3. The Hall–Kier alpha value is -3.28. The molecule has 37 heavy (non-hydrogen) atoms. The highest BCUT2D eigenvalue weighted by molar-refractivity contribution is 6.41. The van der Waals surface area contributed by atoms with Crippen molar-refractivity contribution < 1.29 is 28.7 Å². The van der Waals surface area contributed by atoms with Gasteiger partial charge in [-0.25, -0.2) is 9.59 Å². The number of carbonyl (C=O) groups is 4. The second-order valence-electron chi connectivity index (χ2n) is 10.6. The van der Waals surface area contributed by atoms with E-state index >= 15 is 0 Å². The van der Waals surface area contributed by atoms with E-state index in [1.165, 1.54) is 0 Å². The summed E-state index contributed by atoms with van der Waals surface area (Å²) in [6, 6.07) is 6.91. The molecule has 6 nitrogen and oxygen atoms in total. The number of rotatable bonds is 10. The largest absolute Gasteiger partial charge is 0.456 e. The maximum Gasteiger partial charge on any atom is 0.379 e. The van der Waals surface area contributed by atoms with Crippen molar-refractivity contribution in [1.29, 1.82) is 0 Å². The molecule has 0 N–H and O–H groups in total. The van der Waals surface area contributed by atoms with E-state index in [1.807, 2.05) is 81.4 Å². The third kappa shape index (κ3) is 6.94. The van der Waals surface area contributed by atoms with Gasteiger partial charge < -0.3 is 9.47 Å². The summed E-state index contributed by atoms with van der Waals surface area (Å²) in [5.74, 6) is -3.58. The fourth-order valence-electron chi connectivity index (χ4n) is 4.15. The van der Waals surface area contributed by atoms with Crippen molar-refractivity contribution >= 4 is 23.5 Å². The molecule has 0 aliphatic heterocycles. The van der Waals surface area contributed by atoms with Crippen molar-refractivity contribution in [3.8, 4) is 0 Å². The Kier molecular flexibility index (Phi) is 9.96. The topological polar surface area (TPSA) is 86.7 Å².